The minimum absolute atomic E-state index is 0.000108. The van der Waals surface area contributed by atoms with Gasteiger partial charge in [0.25, 0.3) is 0 Å². The van der Waals surface area contributed by atoms with Crippen LogP contribution in [0.25, 0.3) is 0 Å². The lowest BCUT2D eigenvalue weighted by Crippen LogP contribution is -2.45. The first-order chi connectivity index (χ1) is 8.02. The van der Waals surface area contributed by atoms with E-state index in [1.54, 1.807) is 13.0 Å². The van der Waals surface area contributed by atoms with Gasteiger partial charge in [0.15, 0.2) is 0 Å². The first kappa shape index (κ1) is 15.6. The maximum atomic E-state index is 11.8. The van der Waals surface area contributed by atoms with Gasteiger partial charge in [0.2, 0.25) is 5.91 Å². The van der Waals surface area contributed by atoms with Gasteiger partial charge in [-0.05, 0) is 20.8 Å². The third-order valence-electron chi connectivity index (χ3n) is 2.11. The van der Waals surface area contributed by atoms with E-state index in [0.29, 0.717) is 13.2 Å². The molecule has 0 spiro atoms. The SMILES string of the molecule is C=CCNCC(=O)N(CC(=O)OCC)C(C)C. The maximum Gasteiger partial charge on any atom is 0.325 e. The molecular formula is C12H22N2O3. The van der Waals surface area contributed by atoms with Crippen molar-refractivity contribution in [2.24, 2.45) is 0 Å². The van der Waals surface area contributed by atoms with Crippen LogP contribution in [0.1, 0.15) is 20.8 Å². The van der Waals surface area contributed by atoms with Crippen molar-refractivity contribution in [3.8, 4) is 0 Å². The molecule has 0 aliphatic carbocycles. The summed E-state index contributed by atoms with van der Waals surface area (Å²) in [6, 6.07) is -0.0302. The van der Waals surface area contributed by atoms with Gasteiger partial charge in [-0.2, -0.15) is 0 Å². The highest BCUT2D eigenvalue weighted by Gasteiger charge is 2.19. The van der Waals surface area contributed by atoms with Gasteiger partial charge in [-0.3, -0.25) is 9.59 Å². The molecule has 1 N–H and O–H groups in total. The van der Waals surface area contributed by atoms with Crippen molar-refractivity contribution in [2.45, 2.75) is 26.8 Å². The smallest absolute Gasteiger partial charge is 0.325 e. The van der Waals surface area contributed by atoms with Crippen LogP contribution in [0.5, 0.6) is 0 Å². The van der Waals surface area contributed by atoms with Crippen molar-refractivity contribution in [3.63, 3.8) is 0 Å². The molecule has 0 radical (unpaired) electrons. The first-order valence-electron chi connectivity index (χ1n) is 5.79. The van der Waals surface area contributed by atoms with Crippen molar-refractivity contribution in [2.75, 3.05) is 26.2 Å². The summed E-state index contributed by atoms with van der Waals surface area (Å²) >= 11 is 0. The predicted molar refractivity (Wildman–Crippen MR) is 66.5 cm³/mol. The molecule has 0 saturated carbocycles. The Hall–Kier alpha value is -1.36. The molecule has 0 aliphatic rings. The minimum atomic E-state index is -0.377. The lowest BCUT2D eigenvalue weighted by atomic mass is 10.3. The molecule has 5 heteroatoms. The van der Waals surface area contributed by atoms with Crippen LogP contribution in [0.3, 0.4) is 0 Å². The number of carbonyl (C=O) groups is 2. The number of hydrogen-bond acceptors (Lipinski definition) is 4. The fourth-order valence-electron chi connectivity index (χ4n) is 1.29. The molecule has 0 bridgehead atoms. The zero-order chi connectivity index (χ0) is 13.3. The molecular weight excluding hydrogens is 220 g/mol. The predicted octanol–water partition coefficient (Wildman–Crippen LogP) is 0.562. The van der Waals surface area contributed by atoms with Crippen molar-refractivity contribution in [3.05, 3.63) is 12.7 Å². The van der Waals surface area contributed by atoms with Gasteiger partial charge < -0.3 is 15.0 Å². The van der Waals surface area contributed by atoms with E-state index in [1.807, 2.05) is 13.8 Å². The van der Waals surface area contributed by atoms with E-state index in [1.165, 1.54) is 4.90 Å². The highest BCUT2D eigenvalue weighted by atomic mass is 16.5. The number of amides is 1. The number of esters is 1. The fourth-order valence-corrected chi connectivity index (χ4v) is 1.29. The summed E-state index contributed by atoms with van der Waals surface area (Å²) < 4.78 is 4.83. The number of nitrogens with one attached hydrogen (secondary N) is 1. The summed E-state index contributed by atoms with van der Waals surface area (Å²) in [6.07, 6.45) is 1.68. The number of nitrogens with zero attached hydrogens (tertiary/aromatic N) is 1. The Morgan fingerprint density at radius 2 is 2.12 bits per heavy atom. The summed E-state index contributed by atoms with van der Waals surface area (Å²) in [7, 11) is 0. The summed E-state index contributed by atoms with van der Waals surface area (Å²) in [4.78, 5) is 24.7. The number of ether oxygens (including phenoxy) is 1. The Labute approximate surface area is 103 Å². The number of carbonyl (C=O) groups excluding carboxylic acids is 2. The summed E-state index contributed by atoms with van der Waals surface area (Å²) in [6.45, 7) is 10.1. The second-order valence-corrected chi connectivity index (χ2v) is 3.84. The summed E-state index contributed by atoms with van der Waals surface area (Å²) in [5, 5.41) is 2.91. The zero-order valence-corrected chi connectivity index (χ0v) is 10.9. The lowest BCUT2D eigenvalue weighted by Gasteiger charge is -2.25. The van der Waals surface area contributed by atoms with E-state index >= 15 is 0 Å². The van der Waals surface area contributed by atoms with Crippen LogP contribution in [0.4, 0.5) is 0 Å². The average molecular weight is 242 g/mol. The Bertz CT molecular complexity index is 264. The molecule has 0 atom stereocenters. The van der Waals surface area contributed by atoms with Gasteiger partial charge in [-0.1, -0.05) is 6.08 Å². The molecule has 0 saturated heterocycles. The molecule has 0 aliphatic heterocycles. The third kappa shape index (κ3) is 6.73. The lowest BCUT2D eigenvalue weighted by molar-refractivity contribution is -0.149. The summed E-state index contributed by atoms with van der Waals surface area (Å²) in [5.74, 6) is -0.492. The normalized spacial score (nSPS) is 10.1. The molecule has 0 aromatic heterocycles. The standard InChI is InChI=1S/C12H22N2O3/c1-5-7-13-8-11(15)14(10(3)4)9-12(16)17-6-2/h5,10,13H,1,6-9H2,2-4H3. The van der Waals surface area contributed by atoms with Crippen LogP contribution in [-0.4, -0.2) is 49.1 Å². The van der Waals surface area contributed by atoms with Gasteiger partial charge in [0.1, 0.15) is 6.54 Å². The molecule has 5 nitrogen and oxygen atoms in total. The quantitative estimate of drug-likeness (QED) is 0.384. The van der Waals surface area contributed by atoms with Crippen LogP contribution in [0, 0.1) is 0 Å². The summed E-state index contributed by atoms with van der Waals surface area (Å²) in [5.41, 5.74) is 0. The molecule has 0 rings (SSSR count). The second-order valence-electron chi connectivity index (χ2n) is 3.84. The second kappa shape index (κ2) is 8.75. The molecule has 0 aromatic carbocycles. The molecule has 98 valence electrons. The molecule has 0 fully saturated rings. The van der Waals surface area contributed by atoms with Crippen LogP contribution in [-0.2, 0) is 14.3 Å². The van der Waals surface area contributed by atoms with Gasteiger partial charge >= 0.3 is 5.97 Å². The first-order valence-corrected chi connectivity index (χ1v) is 5.79. The van der Waals surface area contributed by atoms with Gasteiger partial charge in [0.05, 0.1) is 13.2 Å². The van der Waals surface area contributed by atoms with Gasteiger partial charge in [-0.25, -0.2) is 0 Å². The Balaban J connectivity index is 4.26. The Kier molecular flexibility index (Phi) is 8.05. The van der Waals surface area contributed by atoms with Gasteiger partial charge in [-0.15, -0.1) is 6.58 Å². The number of hydrogen-bond donors (Lipinski definition) is 1. The highest BCUT2D eigenvalue weighted by Crippen LogP contribution is 1.99. The molecule has 0 unspecified atom stereocenters. The van der Waals surface area contributed by atoms with E-state index in [9.17, 15) is 9.59 Å². The van der Waals surface area contributed by atoms with Crippen molar-refractivity contribution >= 4 is 11.9 Å². The third-order valence-corrected chi connectivity index (χ3v) is 2.11. The van der Waals surface area contributed by atoms with E-state index in [2.05, 4.69) is 11.9 Å². The van der Waals surface area contributed by atoms with Gasteiger partial charge in [0, 0.05) is 12.6 Å². The topological polar surface area (TPSA) is 58.6 Å². The molecule has 1 amide bonds. The molecule has 17 heavy (non-hydrogen) atoms. The van der Waals surface area contributed by atoms with E-state index in [4.69, 9.17) is 4.74 Å². The van der Waals surface area contributed by atoms with Crippen molar-refractivity contribution in [1.29, 1.82) is 0 Å². The van der Waals surface area contributed by atoms with E-state index < -0.39 is 0 Å². The Morgan fingerprint density at radius 1 is 1.47 bits per heavy atom. The monoisotopic (exact) mass is 242 g/mol. The number of rotatable bonds is 8. The largest absolute Gasteiger partial charge is 0.465 e. The van der Waals surface area contributed by atoms with E-state index in [0.717, 1.165) is 0 Å². The average Bonchev–Trinajstić information content (AvgIpc) is 2.26. The Morgan fingerprint density at radius 3 is 2.59 bits per heavy atom. The van der Waals surface area contributed by atoms with Crippen molar-refractivity contribution in [1.82, 2.24) is 10.2 Å². The minimum Gasteiger partial charge on any atom is -0.465 e. The zero-order valence-electron chi connectivity index (χ0n) is 10.9. The molecule has 0 heterocycles. The maximum absolute atomic E-state index is 11.8. The van der Waals surface area contributed by atoms with Crippen LogP contribution >= 0.6 is 0 Å². The van der Waals surface area contributed by atoms with Crippen molar-refractivity contribution < 1.29 is 14.3 Å². The van der Waals surface area contributed by atoms with Crippen LogP contribution in [0.15, 0.2) is 12.7 Å². The fraction of sp³-hybridized carbons (Fsp3) is 0.667. The van der Waals surface area contributed by atoms with Crippen LogP contribution in [0.2, 0.25) is 0 Å². The highest BCUT2D eigenvalue weighted by molar-refractivity contribution is 5.83. The van der Waals surface area contributed by atoms with Crippen LogP contribution < -0.4 is 5.32 Å². The molecule has 0 aromatic rings. The van der Waals surface area contributed by atoms with E-state index in [-0.39, 0.29) is 31.0 Å².